The zero-order chi connectivity index (χ0) is 18.5. The average Bonchev–Trinajstić information content (AvgIpc) is 3.21. The molecule has 0 radical (unpaired) electrons. The molecule has 2 heterocycles. The van der Waals surface area contributed by atoms with Gasteiger partial charge in [-0.25, -0.2) is 9.97 Å². The summed E-state index contributed by atoms with van der Waals surface area (Å²) in [6.07, 6.45) is 5.70. The van der Waals surface area contributed by atoms with Crippen molar-refractivity contribution in [1.29, 1.82) is 0 Å². The second-order valence-corrected chi connectivity index (χ2v) is 7.13. The highest BCUT2D eigenvalue weighted by Crippen LogP contribution is 2.20. The van der Waals surface area contributed by atoms with Crippen molar-refractivity contribution in [3.8, 4) is 0 Å². The van der Waals surface area contributed by atoms with E-state index in [-0.39, 0.29) is 0 Å². The van der Waals surface area contributed by atoms with Crippen molar-refractivity contribution in [2.24, 2.45) is 5.10 Å². The van der Waals surface area contributed by atoms with Crippen molar-refractivity contribution in [3.63, 3.8) is 0 Å². The molecule has 0 unspecified atom stereocenters. The van der Waals surface area contributed by atoms with Gasteiger partial charge in [0.1, 0.15) is 5.69 Å². The molecule has 0 fully saturated rings. The zero-order valence-corrected chi connectivity index (χ0v) is 15.8. The van der Waals surface area contributed by atoms with Crippen LogP contribution in [-0.4, -0.2) is 16.2 Å². The Morgan fingerprint density at radius 2 is 1.67 bits per heavy atom. The fourth-order valence-corrected chi connectivity index (χ4v) is 3.22. The quantitative estimate of drug-likeness (QED) is 0.338. The molecule has 2 aromatic heterocycles. The molecule has 0 amide bonds. The number of anilines is 1. The maximum absolute atomic E-state index is 5.91. The molecule has 6 heteroatoms. The third-order valence-corrected chi connectivity index (χ3v) is 4.89. The summed E-state index contributed by atoms with van der Waals surface area (Å²) in [7, 11) is 0. The fraction of sp³-hybridized carbons (Fsp3) is 0. The normalized spacial score (nSPS) is 11.6. The molecule has 0 aliphatic carbocycles. The van der Waals surface area contributed by atoms with Gasteiger partial charge in [0.2, 0.25) is 0 Å². The van der Waals surface area contributed by atoms with E-state index >= 15 is 0 Å². The molecule has 0 bridgehead atoms. The zero-order valence-electron chi connectivity index (χ0n) is 14.2. The minimum atomic E-state index is 0.603. The first-order valence-corrected chi connectivity index (χ1v) is 9.57. The van der Waals surface area contributed by atoms with Gasteiger partial charge in [-0.15, -0.1) is 11.3 Å². The molecule has 27 heavy (non-hydrogen) atoms. The molecule has 0 spiro atoms. The fourth-order valence-electron chi connectivity index (χ4n) is 2.48. The second-order valence-electron chi connectivity index (χ2n) is 5.72. The second kappa shape index (κ2) is 8.12. The highest BCUT2D eigenvalue weighted by Gasteiger charge is 2.06. The Hall–Kier alpha value is -3.02. The lowest BCUT2D eigenvalue weighted by molar-refractivity contribution is 1.20. The van der Waals surface area contributed by atoms with E-state index < -0.39 is 0 Å². The first kappa shape index (κ1) is 17.4. The first-order valence-electron chi connectivity index (χ1n) is 8.31. The van der Waals surface area contributed by atoms with Gasteiger partial charge in [-0.2, -0.15) is 5.10 Å². The van der Waals surface area contributed by atoms with Crippen molar-refractivity contribution in [2.45, 2.75) is 0 Å². The van der Waals surface area contributed by atoms with E-state index in [1.807, 2.05) is 72.1 Å². The minimum absolute atomic E-state index is 0.603. The molecule has 0 aliphatic heterocycles. The lowest BCUT2D eigenvalue weighted by atomic mass is 10.2. The Morgan fingerprint density at radius 3 is 2.41 bits per heavy atom. The molecule has 2 aromatic carbocycles. The standard InChI is InChI=1S/C21H15ClN4S/c22-16-9-7-15(8-10-16)14-23-26-21-20(12-11-17-4-3-13-27-17)24-18-5-1-2-6-19(18)25-21/h1-14H,(H,25,26). The van der Waals surface area contributed by atoms with Crippen molar-refractivity contribution in [3.05, 3.63) is 87.2 Å². The van der Waals surface area contributed by atoms with Crippen LogP contribution >= 0.6 is 22.9 Å². The number of hydrogen-bond donors (Lipinski definition) is 1. The van der Waals surface area contributed by atoms with Gasteiger partial charge in [0, 0.05) is 9.90 Å². The van der Waals surface area contributed by atoms with Crippen molar-refractivity contribution in [2.75, 3.05) is 5.43 Å². The summed E-state index contributed by atoms with van der Waals surface area (Å²) >= 11 is 7.58. The van der Waals surface area contributed by atoms with E-state index in [9.17, 15) is 0 Å². The Labute approximate surface area is 165 Å². The number of hydrazone groups is 1. The van der Waals surface area contributed by atoms with Gasteiger partial charge in [-0.1, -0.05) is 41.9 Å². The number of benzene rings is 2. The van der Waals surface area contributed by atoms with Crippen LogP contribution in [0.4, 0.5) is 5.82 Å². The first-order chi connectivity index (χ1) is 13.3. The summed E-state index contributed by atoms with van der Waals surface area (Å²) in [5.74, 6) is 0.603. The van der Waals surface area contributed by atoms with Crippen LogP contribution in [0.1, 0.15) is 16.1 Å². The van der Waals surface area contributed by atoms with Gasteiger partial charge < -0.3 is 0 Å². The molecular weight excluding hydrogens is 376 g/mol. The number of para-hydroxylation sites is 2. The molecule has 4 aromatic rings. The average molecular weight is 391 g/mol. The van der Waals surface area contributed by atoms with E-state index in [0.29, 0.717) is 10.8 Å². The summed E-state index contributed by atoms with van der Waals surface area (Å²) in [6.45, 7) is 0. The van der Waals surface area contributed by atoms with E-state index in [1.54, 1.807) is 17.6 Å². The Kier molecular flexibility index (Phi) is 5.23. The number of halogens is 1. The minimum Gasteiger partial charge on any atom is -0.260 e. The van der Waals surface area contributed by atoms with Crippen molar-refractivity contribution < 1.29 is 0 Å². The smallest absolute Gasteiger partial charge is 0.173 e. The van der Waals surface area contributed by atoms with Crippen LogP contribution in [0.3, 0.4) is 0 Å². The predicted octanol–water partition coefficient (Wildman–Crippen LogP) is 5.96. The monoisotopic (exact) mass is 390 g/mol. The number of aromatic nitrogens is 2. The third-order valence-electron chi connectivity index (χ3n) is 3.80. The summed E-state index contributed by atoms with van der Waals surface area (Å²) in [5, 5.41) is 7.04. The molecule has 132 valence electrons. The Morgan fingerprint density at radius 1 is 0.889 bits per heavy atom. The van der Waals surface area contributed by atoms with Crippen LogP contribution < -0.4 is 5.43 Å². The third kappa shape index (κ3) is 4.39. The Balaban J connectivity index is 1.64. The largest absolute Gasteiger partial charge is 0.260 e. The van der Waals surface area contributed by atoms with Crippen molar-refractivity contribution in [1.82, 2.24) is 9.97 Å². The number of thiophene rings is 1. The van der Waals surface area contributed by atoms with E-state index in [4.69, 9.17) is 16.6 Å². The topological polar surface area (TPSA) is 50.2 Å². The van der Waals surface area contributed by atoms with Gasteiger partial charge in [0.15, 0.2) is 5.82 Å². The van der Waals surface area contributed by atoms with Crippen LogP contribution in [0.25, 0.3) is 23.2 Å². The van der Waals surface area contributed by atoms with Crippen LogP contribution in [0.15, 0.2) is 71.1 Å². The maximum atomic E-state index is 5.91. The lowest BCUT2D eigenvalue weighted by Crippen LogP contribution is -1.99. The number of nitrogens with one attached hydrogen (secondary N) is 1. The summed E-state index contributed by atoms with van der Waals surface area (Å²) < 4.78 is 0. The highest BCUT2D eigenvalue weighted by molar-refractivity contribution is 7.10. The molecule has 0 atom stereocenters. The molecule has 4 rings (SSSR count). The van der Waals surface area contributed by atoms with Crippen molar-refractivity contribution >= 4 is 58.2 Å². The van der Waals surface area contributed by atoms with Gasteiger partial charge in [-0.3, -0.25) is 5.43 Å². The summed E-state index contributed by atoms with van der Waals surface area (Å²) in [4.78, 5) is 10.5. The molecule has 4 nitrogen and oxygen atoms in total. The number of nitrogens with zero attached hydrogens (tertiary/aromatic N) is 3. The number of rotatable bonds is 5. The van der Waals surface area contributed by atoms with E-state index in [0.717, 1.165) is 27.2 Å². The summed E-state index contributed by atoms with van der Waals surface area (Å²) in [6, 6.07) is 19.3. The van der Waals surface area contributed by atoms with Gasteiger partial charge in [-0.05, 0) is 53.4 Å². The molecular formula is C21H15ClN4S. The molecule has 1 N–H and O–H groups in total. The summed E-state index contributed by atoms with van der Waals surface area (Å²) in [5.41, 5.74) is 6.34. The van der Waals surface area contributed by atoms with Crippen LogP contribution in [-0.2, 0) is 0 Å². The van der Waals surface area contributed by atoms with Gasteiger partial charge in [0.05, 0.1) is 17.2 Å². The molecule has 0 aliphatic rings. The van der Waals surface area contributed by atoms with Gasteiger partial charge in [0.25, 0.3) is 0 Å². The predicted molar refractivity (Wildman–Crippen MR) is 115 cm³/mol. The highest BCUT2D eigenvalue weighted by atomic mass is 35.5. The molecule has 0 saturated carbocycles. The number of fused-ring (bicyclic) bond motifs is 1. The van der Waals surface area contributed by atoms with E-state index in [1.165, 1.54) is 0 Å². The van der Waals surface area contributed by atoms with E-state index in [2.05, 4.69) is 21.6 Å². The number of hydrogen-bond acceptors (Lipinski definition) is 5. The molecule has 0 saturated heterocycles. The van der Waals surface area contributed by atoms with Gasteiger partial charge >= 0.3 is 0 Å². The lowest BCUT2D eigenvalue weighted by Gasteiger charge is -2.06. The maximum Gasteiger partial charge on any atom is 0.173 e. The Bertz CT molecular complexity index is 1100. The SMILES string of the molecule is Clc1ccc(C=NNc2nc3ccccc3nc2C=Cc2cccs2)cc1. The van der Waals surface area contributed by atoms with Crippen LogP contribution in [0.2, 0.25) is 5.02 Å². The van der Waals surface area contributed by atoms with Crippen LogP contribution in [0, 0.1) is 0 Å². The van der Waals surface area contributed by atoms with Crippen LogP contribution in [0.5, 0.6) is 0 Å².